The van der Waals surface area contributed by atoms with Crippen molar-refractivity contribution in [2.75, 3.05) is 25.1 Å². The van der Waals surface area contributed by atoms with Gasteiger partial charge in [-0.05, 0) is 19.0 Å². The van der Waals surface area contributed by atoms with Crippen molar-refractivity contribution in [2.24, 2.45) is 0 Å². The predicted molar refractivity (Wildman–Crippen MR) is 76.2 cm³/mol. The molecule has 0 aliphatic carbocycles. The van der Waals surface area contributed by atoms with Gasteiger partial charge in [-0.25, -0.2) is 4.98 Å². The van der Waals surface area contributed by atoms with Crippen LogP contribution in [0.1, 0.15) is 37.3 Å². The highest BCUT2D eigenvalue weighted by Crippen LogP contribution is 2.26. The van der Waals surface area contributed by atoms with Crippen LogP contribution in [0.2, 0.25) is 0 Å². The van der Waals surface area contributed by atoms with Crippen molar-refractivity contribution in [3.8, 4) is 0 Å². The van der Waals surface area contributed by atoms with Gasteiger partial charge in [-0.15, -0.1) is 0 Å². The summed E-state index contributed by atoms with van der Waals surface area (Å²) >= 11 is 7.24. The lowest BCUT2D eigenvalue weighted by Crippen LogP contribution is -2.34. The summed E-state index contributed by atoms with van der Waals surface area (Å²) in [5.74, 6) is 3.78. The monoisotopic (exact) mass is 269 g/mol. The highest BCUT2D eigenvalue weighted by Gasteiger charge is 2.23. The van der Waals surface area contributed by atoms with Gasteiger partial charge in [-0.3, -0.25) is 4.90 Å². The molecule has 1 atom stereocenters. The van der Waals surface area contributed by atoms with Crippen LogP contribution in [0.4, 0.5) is 0 Å². The standard InChI is InChI=1S/C12H19N3S2/c1-8(2)9-6-11(16)14-12(13-9)10-7-17-5-4-15(10)3/h6,8,10H,4-5,7H2,1-3H3,(H,13,14,16). The number of H-pyrrole nitrogens is 1. The minimum absolute atomic E-state index is 0.370. The molecule has 0 spiro atoms. The van der Waals surface area contributed by atoms with Crippen molar-refractivity contribution >= 4 is 24.0 Å². The van der Waals surface area contributed by atoms with Gasteiger partial charge in [-0.1, -0.05) is 26.1 Å². The average molecular weight is 269 g/mol. The first-order valence-electron chi connectivity index (χ1n) is 5.97. The maximum atomic E-state index is 5.26. The molecule has 94 valence electrons. The molecule has 0 saturated carbocycles. The SMILES string of the molecule is CC(C)c1cc(=S)nc(C2CSCCN2C)[nH]1. The van der Waals surface area contributed by atoms with Gasteiger partial charge in [0.2, 0.25) is 0 Å². The first kappa shape index (κ1) is 13.1. The summed E-state index contributed by atoms with van der Waals surface area (Å²) in [5.41, 5.74) is 1.18. The van der Waals surface area contributed by atoms with Crippen LogP contribution in [0.3, 0.4) is 0 Å². The zero-order valence-corrected chi connectivity index (χ0v) is 12.2. The van der Waals surface area contributed by atoms with Gasteiger partial charge < -0.3 is 4.98 Å². The third-order valence-electron chi connectivity index (χ3n) is 3.12. The number of rotatable bonds is 2. The van der Waals surface area contributed by atoms with E-state index in [1.807, 2.05) is 17.8 Å². The lowest BCUT2D eigenvalue weighted by molar-refractivity contribution is 0.263. The van der Waals surface area contributed by atoms with E-state index >= 15 is 0 Å². The second-order valence-electron chi connectivity index (χ2n) is 4.79. The van der Waals surface area contributed by atoms with E-state index < -0.39 is 0 Å². The van der Waals surface area contributed by atoms with Crippen molar-refractivity contribution in [3.63, 3.8) is 0 Å². The number of nitrogens with zero attached hydrogens (tertiary/aromatic N) is 2. The maximum Gasteiger partial charge on any atom is 0.130 e. The summed E-state index contributed by atoms with van der Waals surface area (Å²) in [6.45, 7) is 5.46. The molecule has 1 unspecified atom stereocenters. The molecule has 1 aliphatic heterocycles. The van der Waals surface area contributed by atoms with Gasteiger partial charge in [0, 0.05) is 23.7 Å². The van der Waals surface area contributed by atoms with Crippen molar-refractivity contribution in [1.82, 2.24) is 14.9 Å². The van der Waals surface area contributed by atoms with E-state index in [2.05, 4.69) is 35.8 Å². The van der Waals surface area contributed by atoms with Crippen LogP contribution < -0.4 is 0 Å². The molecule has 0 amide bonds. The molecule has 1 N–H and O–H groups in total. The number of hydrogen-bond donors (Lipinski definition) is 1. The van der Waals surface area contributed by atoms with Gasteiger partial charge >= 0.3 is 0 Å². The van der Waals surface area contributed by atoms with Crippen LogP contribution in [-0.2, 0) is 0 Å². The van der Waals surface area contributed by atoms with Crippen LogP contribution in [-0.4, -0.2) is 40.0 Å². The summed E-state index contributed by atoms with van der Waals surface area (Å²) in [4.78, 5) is 10.3. The molecule has 1 fully saturated rings. The van der Waals surface area contributed by atoms with Crippen molar-refractivity contribution < 1.29 is 0 Å². The Balaban J connectivity index is 2.34. The van der Waals surface area contributed by atoms with Crippen LogP contribution >= 0.6 is 24.0 Å². The van der Waals surface area contributed by atoms with E-state index in [9.17, 15) is 0 Å². The zero-order valence-electron chi connectivity index (χ0n) is 10.6. The molecule has 3 nitrogen and oxygen atoms in total. The molecule has 0 aromatic carbocycles. The molecule has 5 heteroatoms. The normalized spacial score (nSPS) is 22.0. The number of nitrogens with one attached hydrogen (secondary N) is 1. The van der Waals surface area contributed by atoms with E-state index in [4.69, 9.17) is 12.2 Å². The summed E-state index contributed by atoms with van der Waals surface area (Å²) in [6.07, 6.45) is 0. The van der Waals surface area contributed by atoms with E-state index in [-0.39, 0.29) is 0 Å². The molecule has 1 aliphatic rings. The van der Waals surface area contributed by atoms with Crippen LogP contribution in [0, 0.1) is 4.64 Å². The molecule has 17 heavy (non-hydrogen) atoms. The quantitative estimate of drug-likeness (QED) is 0.837. The third kappa shape index (κ3) is 3.09. The number of thioether (sulfide) groups is 1. The number of aromatic amines is 1. The van der Waals surface area contributed by atoms with Crippen LogP contribution in [0.25, 0.3) is 0 Å². The van der Waals surface area contributed by atoms with E-state index in [1.165, 1.54) is 11.4 Å². The number of aromatic nitrogens is 2. The fraction of sp³-hybridized carbons (Fsp3) is 0.667. The Morgan fingerprint density at radius 3 is 3.00 bits per heavy atom. The third-order valence-corrected chi connectivity index (χ3v) is 4.35. The second-order valence-corrected chi connectivity index (χ2v) is 6.35. The van der Waals surface area contributed by atoms with Crippen molar-refractivity contribution in [1.29, 1.82) is 0 Å². The van der Waals surface area contributed by atoms with Gasteiger partial charge in [0.1, 0.15) is 10.5 Å². The maximum absolute atomic E-state index is 5.26. The average Bonchev–Trinajstić information content (AvgIpc) is 2.28. The first-order chi connectivity index (χ1) is 8.08. The summed E-state index contributed by atoms with van der Waals surface area (Å²) in [7, 11) is 2.16. The van der Waals surface area contributed by atoms with Gasteiger partial charge in [0.25, 0.3) is 0 Å². The Kier molecular flexibility index (Phi) is 4.22. The van der Waals surface area contributed by atoms with Gasteiger partial charge in [0.15, 0.2) is 0 Å². The lowest BCUT2D eigenvalue weighted by atomic mass is 10.1. The van der Waals surface area contributed by atoms with Crippen molar-refractivity contribution in [3.05, 3.63) is 22.2 Å². The molecule has 1 saturated heterocycles. The van der Waals surface area contributed by atoms with E-state index in [0.29, 0.717) is 16.6 Å². The highest BCUT2D eigenvalue weighted by molar-refractivity contribution is 7.99. The Morgan fingerprint density at radius 2 is 2.35 bits per heavy atom. The van der Waals surface area contributed by atoms with Gasteiger partial charge in [-0.2, -0.15) is 11.8 Å². The minimum Gasteiger partial charge on any atom is -0.346 e. The minimum atomic E-state index is 0.370. The molecule has 2 rings (SSSR count). The predicted octanol–water partition coefficient (Wildman–Crippen LogP) is 2.98. The molecule has 1 aromatic heterocycles. The Labute approximate surface area is 112 Å². The molecular formula is C12H19N3S2. The molecule has 0 radical (unpaired) electrons. The fourth-order valence-electron chi connectivity index (χ4n) is 1.94. The summed E-state index contributed by atoms with van der Waals surface area (Å²) < 4.78 is 0.700. The molecule has 0 bridgehead atoms. The zero-order chi connectivity index (χ0) is 12.4. The van der Waals surface area contributed by atoms with E-state index in [0.717, 1.165) is 18.1 Å². The van der Waals surface area contributed by atoms with Gasteiger partial charge in [0.05, 0.1) is 6.04 Å². The smallest absolute Gasteiger partial charge is 0.130 e. The summed E-state index contributed by atoms with van der Waals surface area (Å²) in [6, 6.07) is 2.34. The molecule has 1 aromatic rings. The lowest BCUT2D eigenvalue weighted by Gasteiger charge is -2.31. The Hall–Kier alpha value is -0.390. The fourth-order valence-corrected chi connectivity index (χ4v) is 3.38. The highest BCUT2D eigenvalue weighted by atomic mass is 32.2. The van der Waals surface area contributed by atoms with Crippen LogP contribution in [0.5, 0.6) is 0 Å². The Morgan fingerprint density at radius 1 is 1.59 bits per heavy atom. The topological polar surface area (TPSA) is 31.9 Å². The molecule has 2 heterocycles. The second kappa shape index (κ2) is 5.50. The summed E-state index contributed by atoms with van der Waals surface area (Å²) in [5, 5.41) is 0. The largest absolute Gasteiger partial charge is 0.346 e. The first-order valence-corrected chi connectivity index (χ1v) is 7.53. The van der Waals surface area contributed by atoms with E-state index in [1.54, 1.807) is 0 Å². The number of hydrogen-bond acceptors (Lipinski definition) is 4. The van der Waals surface area contributed by atoms with Crippen LogP contribution in [0.15, 0.2) is 6.07 Å². The Bertz CT molecular complexity index is 442. The van der Waals surface area contributed by atoms with Crippen molar-refractivity contribution in [2.45, 2.75) is 25.8 Å². The molecular weight excluding hydrogens is 250 g/mol.